The number of hydrogen-bond acceptors (Lipinski definition) is 4. The summed E-state index contributed by atoms with van der Waals surface area (Å²) in [6, 6.07) is 5.90. The van der Waals surface area contributed by atoms with Crippen molar-refractivity contribution in [3.63, 3.8) is 0 Å². The average Bonchev–Trinajstić information content (AvgIpc) is 2.53. The number of nitrogens with one attached hydrogen (secondary N) is 1. The minimum Gasteiger partial charge on any atom is -0.395 e. The summed E-state index contributed by atoms with van der Waals surface area (Å²) in [6.07, 6.45) is 1.75. The molecule has 0 atom stereocenters. The molecule has 1 aliphatic rings. The van der Waals surface area contributed by atoms with Gasteiger partial charge in [-0.15, -0.1) is 0 Å². The molecule has 22 heavy (non-hydrogen) atoms. The number of rotatable bonds is 5. The molecule has 0 radical (unpaired) electrons. The van der Waals surface area contributed by atoms with Crippen molar-refractivity contribution in [2.45, 2.75) is 24.7 Å². The normalized spacial score (nSPS) is 17.4. The third-order valence-corrected chi connectivity index (χ3v) is 5.81. The van der Waals surface area contributed by atoms with Crippen molar-refractivity contribution in [1.29, 1.82) is 0 Å². The second-order valence-electron chi connectivity index (χ2n) is 5.59. The van der Waals surface area contributed by atoms with Gasteiger partial charge in [0.25, 0.3) is 5.91 Å². The Morgan fingerprint density at radius 1 is 1.27 bits per heavy atom. The first-order valence-corrected chi connectivity index (χ1v) is 8.88. The topological polar surface area (TPSA) is 86.7 Å². The minimum absolute atomic E-state index is 0.133. The fraction of sp³-hybridized carbons (Fsp3) is 0.533. The lowest BCUT2D eigenvalue weighted by Crippen LogP contribution is -2.37. The van der Waals surface area contributed by atoms with E-state index in [0.29, 0.717) is 24.6 Å². The molecule has 0 bridgehead atoms. The van der Waals surface area contributed by atoms with E-state index in [2.05, 4.69) is 12.2 Å². The highest BCUT2D eigenvalue weighted by Crippen LogP contribution is 2.23. The number of carbonyl (C=O) groups excluding carboxylic acids is 1. The van der Waals surface area contributed by atoms with Gasteiger partial charge in [0.2, 0.25) is 10.0 Å². The third-order valence-electron chi connectivity index (χ3n) is 3.89. The van der Waals surface area contributed by atoms with Gasteiger partial charge in [-0.3, -0.25) is 4.79 Å². The molecule has 0 saturated carbocycles. The molecule has 122 valence electrons. The summed E-state index contributed by atoms with van der Waals surface area (Å²) in [5.41, 5.74) is 0.375. The summed E-state index contributed by atoms with van der Waals surface area (Å²) in [5, 5.41) is 11.2. The zero-order chi connectivity index (χ0) is 16.2. The van der Waals surface area contributed by atoms with Crippen LogP contribution in [-0.2, 0) is 10.0 Å². The number of carbonyl (C=O) groups is 1. The van der Waals surface area contributed by atoms with E-state index in [1.807, 2.05) is 0 Å². The van der Waals surface area contributed by atoms with E-state index in [-0.39, 0.29) is 24.0 Å². The van der Waals surface area contributed by atoms with Crippen LogP contribution in [0.3, 0.4) is 0 Å². The highest BCUT2D eigenvalue weighted by atomic mass is 32.2. The summed E-state index contributed by atoms with van der Waals surface area (Å²) in [7, 11) is -3.48. The van der Waals surface area contributed by atoms with Gasteiger partial charge in [0.1, 0.15) is 0 Å². The van der Waals surface area contributed by atoms with Crippen molar-refractivity contribution < 1.29 is 18.3 Å². The highest BCUT2D eigenvalue weighted by molar-refractivity contribution is 7.89. The van der Waals surface area contributed by atoms with E-state index in [1.165, 1.54) is 28.6 Å². The number of piperidine rings is 1. The first-order valence-electron chi connectivity index (χ1n) is 7.44. The molecule has 1 saturated heterocycles. The predicted molar refractivity (Wildman–Crippen MR) is 83.0 cm³/mol. The standard InChI is InChI=1S/C15H22N2O4S/c1-12-6-9-17(10-7-12)22(20,21)14-4-2-13(3-5-14)15(19)16-8-11-18/h2-5,12,18H,6-11H2,1H3,(H,16,19). The van der Waals surface area contributed by atoms with E-state index < -0.39 is 10.0 Å². The van der Waals surface area contributed by atoms with Gasteiger partial charge in [-0.05, 0) is 43.0 Å². The molecule has 6 nitrogen and oxygen atoms in total. The summed E-state index contributed by atoms with van der Waals surface area (Å²) in [5.74, 6) is 0.230. The quantitative estimate of drug-likeness (QED) is 0.839. The largest absolute Gasteiger partial charge is 0.395 e. The number of hydrogen-bond donors (Lipinski definition) is 2. The van der Waals surface area contributed by atoms with Crippen molar-refractivity contribution in [3.05, 3.63) is 29.8 Å². The predicted octanol–water partition coefficient (Wildman–Crippen LogP) is 0.829. The molecule has 1 fully saturated rings. The average molecular weight is 326 g/mol. The van der Waals surface area contributed by atoms with Gasteiger partial charge < -0.3 is 10.4 Å². The molecule has 1 aliphatic heterocycles. The van der Waals surface area contributed by atoms with Crippen LogP contribution in [0.2, 0.25) is 0 Å². The van der Waals surface area contributed by atoms with E-state index >= 15 is 0 Å². The lowest BCUT2D eigenvalue weighted by Gasteiger charge is -2.29. The van der Waals surface area contributed by atoms with Crippen molar-refractivity contribution in [3.8, 4) is 0 Å². The maximum absolute atomic E-state index is 12.5. The van der Waals surface area contributed by atoms with Gasteiger partial charge in [-0.1, -0.05) is 6.92 Å². The number of nitrogens with zero attached hydrogens (tertiary/aromatic N) is 1. The minimum atomic E-state index is -3.48. The van der Waals surface area contributed by atoms with Gasteiger partial charge in [0.15, 0.2) is 0 Å². The van der Waals surface area contributed by atoms with Crippen molar-refractivity contribution in [2.24, 2.45) is 5.92 Å². The molecule has 1 heterocycles. The Bertz CT molecular complexity index is 605. The fourth-order valence-electron chi connectivity index (χ4n) is 2.42. The Labute approximate surface area is 131 Å². The van der Waals surface area contributed by atoms with Crippen molar-refractivity contribution >= 4 is 15.9 Å². The summed E-state index contributed by atoms with van der Waals surface area (Å²) in [6.45, 7) is 3.25. The SMILES string of the molecule is CC1CCN(S(=O)(=O)c2ccc(C(=O)NCCO)cc2)CC1. The summed E-state index contributed by atoms with van der Waals surface area (Å²) < 4.78 is 26.6. The molecule has 7 heteroatoms. The van der Waals surface area contributed by atoms with Crippen LogP contribution in [0.5, 0.6) is 0 Å². The molecular weight excluding hydrogens is 304 g/mol. The number of benzene rings is 1. The molecule has 0 aliphatic carbocycles. The van der Waals surface area contributed by atoms with E-state index in [9.17, 15) is 13.2 Å². The second kappa shape index (κ2) is 7.21. The molecule has 0 aromatic heterocycles. The summed E-state index contributed by atoms with van der Waals surface area (Å²) in [4.78, 5) is 11.9. The number of sulfonamides is 1. The first-order chi connectivity index (χ1) is 10.4. The lowest BCUT2D eigenvalue weighted by molar-refractivity contribution is 0.0944. The Kier molecular flexibility index (Phi) is 5.55. The number of amides is 1. The number of aliphatic hydroxyl groups excluding tert-OH is 1. The third kappa shape index (κ3) is 3.85. The van der Waals surface area contributed by atoms with E-state index in [1.54, 1.807) is 0 Å². The smallest absolute Gasteiger partial charge is 0.251 e. The maximum atomic E-state index is 12.5. The van der Waals surface area contributed by atoms with Gasteiger partial charge in [-0.2, -0.15) is 4.31 Å². The molecular formula is C15H22N2O4S. The molecule has 2 N–H and O–H groups in total. The van der Waals surface area contributed by atoms with Crippen molar-refractivity contribution in [2.75, 3.05) is 26.2 Å². The number of aliphatic hydroxyl groups is 1. The monoisotopic (exact) mass is 326 g/mol. The molecule has 2 rings (SSSR count). The molecule has 0 spiro atoms. The fourth-order valence-corrected chi connectivity index (χ4v) is 3.89. The van der Waals surface area contributed by atoms with Crippen LogP contribution >= 0.6 is 0 Å². The molecule has 1 amide bonds. The Balaban J connectivity index is 2.10. The Morgan fingerprint density at radius 2 is 1.86 bits per heavy atom. The van der Waals surface area contributed by atoms with E-state index in [4.69, 9.17) is 5.11 Å². The van der Waals surface area contributed by atoms with Gasteiger partial charge in [0, 0.05) is 25.2 Å². The first kappa shape index (κ1) is 16.9. The van der Waals surface area contributed by atoms with Gasteiger partial charge in [0.05, 0.1) is 11.5 Å². The van der Waals surface area contributed by atoms with Crippen LogP contribution in [0.25, 0.3) is 0 Å². The molecule has 1 aromatic rings. The Morgan fingerprint density at radius 3 is 2.41 bits per heavy atom. The molecule has 1 aromatic carbocycles. The second-order valence-corrected chi connectivity index (χ2v) is 7.53. The van der Waals surface area contributed by atoms with Crippen LogP contribution < -0.4 is 5.32 Å². The van der Waals surface area contributed by atoms with Crippen molar-refractivity contribution in [1.82, 2.24) is 9.62 Å². The van der Waals surface area contributed by atoms with Gasteiger partial charge in [-0.25, -0.2) is 8.42 Å². The zero-order valence-corrected chi connectivity index (χ0v) is 13.5. The van der Waals surface area contributed by atoms with Gasteiger partial charge >= 0.3 is 0 Å². The summed E-state index contributed by atoms with van der Waals surface area (Å²) >= 11 is 0. The zero-order valence-electron chi connectivity index (χ0n) is 12.7. The van der Waals surface area contributed by atoms with Crippen LogP contribution in [0.1, 0.15) is 30.1 Å². The highest BCUT2D eigenvalue weighted by Gasteiger charge is 2.28. The molecule has 0 unspecified atom stereocenters. The maximum Gasteiger partial charge on any atom is 0.251 e. The van der Waals surface area contributed by atoms with Crippen LogP contribution in [0, 0.1) is 5.92 Å². The van der Waals surface area contributed by atoms with E-state index in [0.717, 1.165) is 12.8 Å². The lowest BCUT2D eigenvalue weighted by atomic mass is 10.0. The Hall–Kier alpha value is -1.44. The van der Waals surface area contributed by atoms with Crippen LogP contribution in [-0.4, -0.2) is 50.0 Å². The van der Waals surface area contributed by atoms with Crippen LogP contribution in [0.4, 0.5) is 0 Å². The van der Waals surface area contributed by atoms with Crippen LogP contribution in [0.15, 0.2) is 29.2 Å².